The first kappa shape index (κ1) is 25.3. The molecule has 1 saturated heterocycles. The Morgan fingerprint density at radius 1 is 1.03 bits per heavy atom. The molecule has 0 spiro atoms. The lowest BCUT2D eigenvalue weighted by Crippen LogP contribution is -2.27. The average molecular weight is 521 g/mol. The molecule has 36 heavy (non-hydrogen) atoms. The number of nitrogens with one attached hydrogen (secondary N) is 1. The summed E-state index contributed by atoms with van der Waals surface area (Å²) in [6.45, 7) is 2.31. The number of thiocarbonyl (C=S) groups is 1. The molecule has 3 aromatic rings. The van der Waals surface area contributed by atoms with Crippen molar-refractivity contribution in [2.45, 2.75) is 6.92 Å². The van der Waals surface area contributed by atoms with Crippen LogP contribution in [-0.2, 0) is 9.59 Å². The first-order valence-electron chi connectivity index (χ1n) is 11.1. The van der Waals surface area contributed by atoms with E-state index in [9.17, 15) is 9.59 Å². The highest BCUT2D eigenvalue weighted by molar-refractivity contribution is 8.27. The zero-order chi connectivity index (χ0) is 25.5. The summed E-state index contributed by atoms with van der Waals surface area (Å²) in [6.07, 6.45) is 1.75. The Bertz CT molecular complexity index is 1290. The predicted molar refractivity (Wildman–Crippen MR) is 147 cm³/mol. The molecular formula is C27H24N2O5S2. The predicted octanol–water partition coefficient (Wildman–Crippen LogP) is 5.52. The van der Waals surface area contributed by atoms with Gasteiger partial charge in [-0.3, -0.25) is 14.5 Å². The second-order valence-electron chi connectivity index (χ2n) is 7.56. The van der Waals surface area contributed by atoms with Crippen LogP contribution in [-0.4, -0.2) is 36.5 Å². The SMILES string of the molecule is CCOc1ccc(N2C(=O)C(=Cc3ccc(OCC(=O)Nc4ccccc4)c(OC)c3)SC2=S)cc1. The number of nitrogens with zero attached hydrogens (tertiary/aromatic N) is 1. The first-order valence-corrected chi connectivity index (χ1v) is 12.4. The molecule has 2 amide bonds. The van der Waals surface area contributed by atoms with E-state index in [4.69, 9.17) is 26.4 Å². The van der Waals surface area contributed by atoms with Crippen molar-refractivity contribution in [3.63, 3.8) is 0 Å². The van der Waals surface area contributed by atoms with E-state index < -0.39 is 0 Å². The number of hydrogen-bond donors (Lipinski definition) is 1. The quantitative estimate of drug-likeness (QED) is 0.294. The van der Waals surface area contributed by atoms with E-state index in [1.54, 1.807) is 36.4 Å². The normalized spacial score (nSPS) is 14.2. The Balaban J connectivity index is 1.44. The van der Waals surface area contributed by atoms with Crippen molar-refractivity contribution in [3.8, 4) is 17.2 Å². The number of thioether (sulfide) groups is 1. The summed E-state index contributed by atoms with van der Waals surface area (Å²) in [5.74, 6) is 1.10. The molecule has 0 aromatic heterocycles. The highest BCUT2D eigenvalue weighted by Crippen LogP contribution is 2.37. The Kier molecular flexibility index (Phi) is 8.24. The fourth-order valence-corrected chi connectivity index (χ4v) is 4.75. The number of methoxy groups -OCH3 is 1. The molecule has 0 aliphatic carbocycles. The summed E-state index contributed by atoms with van der Waals surface area (Å²) in [5.41, 5.74) is 2.11. The minimum atomic E-state index is -0.287. The number of hydrogen-bond acceptors (Lipinski definition) is 7. The summed E-state index contributed by atoms with van der Waals surface area (Å²) < 4.78 is 17.0. The second kappa shape index (κ2) is 11.7. The highest BCUT2D eigenvalue weighted by Gasteiger charge is 2.33. The van der Waals surface area contributed by atoms with Crippen molar-refractivity contribution < 1.29 is 23.8 Å². The van der Waals surface area contributed by atoms with Gasteiger partial charge in [-0.2, -0.15) is 0 Å². The van der Waals surface area contributed by atoms with E-state index in [1.165, 1.54) is 23.8 Å². The van der Waals surface area contributed by atoms with Crippen molar-refractivity contribution in [1.29, 1.82) is 0 Å². The molecule has 0 bridgehead atoms. The third kappa shape index (κ3) is 6.05. The zero-order valence-electron chi connectivity index (χ0n) is 19.7. The highest BCUT2D eigenvalue weighted by atomic mass is 32.2. The van der Waals surface area contributed by atoms with E-state index in [-0.39, 0.29) is 18.4 Å². The average Bonchev–Trinajstić information content (AvgIpc) is 3.16. The van der Waals surface area contributed by atoms with Gasteiger partial charge in [-0.15, -0.1) is 0 Å². The van der Waals surface area contributed by atoms with Crippen molar-refractivity contribution >= 4 is 57.6 Å². The van der Waals surface area contributed by atoms with Gasteiger partial charge in [0.25, 0.3) is 11.8 Å². The Morgan fingerprint density at radius 3 is 2.47 bits per heavy atom. The van der Waals surface area contributed by atoms with Crippen LogP contribution in [0, 0.1) is 0 Å². The minimum absolute atomic E-state index is 0.175. The molecule has 9 heteroatoms. The Hall–Kier alpha value is -3.82. The molecule has 1 fully saturated rings. The summed E-state index contributed by atoms with van der Waals surface area (Å²) in [7, 11) is 1.52. The van der Waals surface area contributed by atoms with Crippen LogP contribution in [0.1, 0.15) is 12.5 Å². The first-order chi connectivity index (χ1) is 17.5. The number of benzene rings is 3. The van der Waals surface area contributed by atoms with Gasteiger partial charge < -0.3 is 19.5 Å². The molecular weight excluding hydrogens is 496 g/mol. The van der Waals surface area contributed by atoms with Crippen LogP contribution in [0.25, 0.3) is 6.08 Å². The van der Waals surface area contributed by atoms with Gasteiger partial charge >= 0.3 is 0 Å². The molecule has 1 heterocycles. The molecule has 184 valence electrons. The van der Waals surface area contributed by atoms with Crippen LogP contribution in [0.4, 0.5) is 11.4 Å². The van der Waals surface area contributed by atoms with Gasteiger partial charge in [-0.1, -0.05) is 48.2 Å². The largest absolute Gasteiger partial charge is 0.494 e. The summed E-state index contributed by atoms with van der Waals surface area (Å²) in [5, 5.41) is 2.77. The standard InChI is InChI=1S/C27H24N2O5S2/c1-3-33-21-12-10-20(11-13-21)29-26(31)24(36-27(29)35)16-18-9-14-22(23(15-18)32-2)34-17-25(30)28-19-7-5-4-6-8-19/h4-16H,3,17H2,1-2H3,(H,28,30). The number of ether oxygens (including phenoxy) is 3. The Labute approximate surface area is 219 Å². The van der Waals surface area contributed by atoms with Crippen molar-refractivity contribution in [2.24, 2.45) is 0 Å². The monoisotopic (exact) mass is 520 g/mol. The maximum atomic E-state index is 13.1. The number of amides is 2. The van der Waals surface area contributed by atoms with Crippen molar-refractivity contribution in [3.05, 3.63) is 83.3 Å². The molecule has 4 rings (SSSR count). The number of carbonyl (C=O) groups excluding carboxylic acids is 2. The van der Waals surface area contributed by atoms with Gasteiger partial charge in [0.1, 0.15) is 5.75 Å². The lowest BCUT2D eigenvalue weighted by molar-refractivity contribution is -0.118. The van der Waals surface area contributed by atoms with E-state index in [0.29, 0.717) is 38.7 Å². The van der Waals surface area contributed by atoms with Gasteiger partial charge in [-0.05, 0) is 67.1 Å². The van der Waals surface area contributed by atoms with E-state index in [0.717, 1.165) is 11.3 Å². The molecule has 1 aliphatic rings. The number of para-hydroxylation sites is 1. The van der Waals surface area contributed by atoms with Crippen LogP contribution in [0.15, 0.2) is 77.7 Å². The van der Waals surface area contributed by atoms with E-state index in [2.05, 4.69) is 5.32 Å². The van der Waals surface area contributed by atoms with Crippen LogP contribution in [0.3, 0.4) is 0 Å². The van der Waals surface area contributed by atoms with Gasteiger partial charge in [0.2, 0.25) is 0 Å². The van der Waals surface area contributed by atoms with E-state index in [1.807, 2.05) is 49.4 Å². The fraction of sp³-hybridized carbons (Fsp3) is 0.148. The maximum Gasteiger partial charge on any atom is 0.270 e. The molecule has 3 aromatic carbocycles. The summed E-state index contributed by atoms with van der Waals surface area (Å²) >= 11 is 6.70. The fourth-order valence-electron chi connectivity index (χ4n) is 3.45. The van der Waals surface area contributed by atoms with Gasteiger partial charge in [0.15, 0.2) is 22.4 Å². The topological polar surface area (TPSA) is 77.1 Å². The summed E-state index contributed by atoms with van der Waals surface area (Å²) in [6, 6.07) is 21.6. The van der Waals surface area contributed by atoms with Crippen molar-refractivity contribution in [2.75, 3.05) is 30.5 Å². The molecule has 7 nitrogen and oxygen atoms in total. The van der Waals surface area contributed by atoms with Crippen molar-refractivity contribution in [1.82, 2.24) is 0 Å². The molecule has 0 atom stereocenters. The van der Waals surface area contributed by atoms with Gasteiger partial charge in [0, 0.05) is 5.69 Å². The molecule has 0 unspecified atom stereocenters. The zero-order valence-corrected chi connectivity index (χ0v) is 21.4. The van der Waals surface area contributed by atoms with Crippen LogP contribution in [0.5, 0.6) is 17.2 Å². The number of anilines is 2. The lowest BCUT2D eigenvalue weighted by atomic mass is 10.1. The van der Waals surface area contributed by atoms with Crippen LogP contribution < -0.4 is 24.4 Å². The van der Waals surface area contributed by atoms with Crippen LogP contribution >= 0.6 is 24.0 Å². The minimum Gasteiger partial charge on any atom is -0.494 e. The smallest absolute Gasteiger partial charge is 0.270 e. The lowest BCUT2D eigenvalue weighted by Gasteiger charge is -2.15. The molecule has 0 saturated carbocycles. The molecule has 1 N–H and O–H groups in total. The van der Waals surface area contributed by atoms with E-state index >= 15 is 0 Å². The second-order valence-corrected chi connectivity index (χ2v) is 9.23. The molecule has 1 aliphatic heterocycles. The van der Waals surface area contributed by atoms with Gasteiger partial charge in [0.05, 0.1) is 24.3 Å². The van der Waals surface area contributed by atoms with Crippen LogP contribution in [0.2, 0.25) is 0 Å². The third-order valence-corrected chi connectivity index (χ3v) is 6.40. The summed E-state index contributed by atoms with van der Waals surface area (Å²) in [4.78, 5) is 27.3. The third-order valence-electron chi connectivity index (χ3n) is 5.10. The maximum absolute atomic E-state index is 13.1. The van der Waals surface area contributed by atoms with Gasteiger partial charge in [-0.25, -0.2) is 0 Å². The molecule has 0 radical (unpaired) electrons. The number of carbonyl (C=O) groups is 2. The number of rotatable bonds is 9. The Morgan fingerprint density at radius 2 is 1.78 bits per heavy atom.